The summed E-state index contributed by atoms with van der Waals surface area (Å²) in [5.41, 5.74) is 1.10. The fraction of sp³-hybridized carbons (Fsp3) is 0.438. The second-order valence-electron chi connectivity index (χ2n) is 5.62. The molecule has 1 aliphatic rings. The van der Waals surface area contributed by atoms with E-state index >= 15 is 0 Å². The largest absolute Gasteiger partial charge is 0.480 e. The van der Waals surface area contributed by atoms with Gasteiger partial charge in [-0.2, -0.15) is 4.98 Å². The quantitative estimate of drug-likeness (QED) is 0.890. The summed E-state index contributed by atoms with van der Waals surface area (Å²) < 4.78 is 5.06. The van der Waals surface area contributed by atoms with E-state index in [-0.39, 0.29) is 0 Å². The Kier molecular flexibility index (Phi) is 4.87. The molecule has 0 amide bonds. The van der Waals surface area contributed by atoms with Gasteiger partial charge in [0, 0.05) is 38.9 Å². The molecule has 0 unspecified atom stereocenters. The van der Waals surface area contributed by atoms with E-state index in [1.807, 2.05) is 6.20 Å². The highest BCUT2D eigenvalue weighted by atomic mass is 16.5. The maximum absolute atomic E-state index is 5.06. The first kappa shape index (κ1) is 15.5. The van der Waals surface area contributed by atoms with Crippen LogP contribution < -0.4 is 15.0 Å². The van der Waals surface area contributed by atoms with Gasteiger partial charge in [-0.3, -0.25) is 4.98 Å². The van der Waals surface area contributed by atoms with Gasteiger partial charge >= 0.3 is 0 Å². The maximum Gasteiger partial charge on any atom is 0.233 e. The number of rotatable bonds is 5. The summed E-state index contributed by atoms with van der Waals surface area (Å²) in [6.07, 6.45) is 5.17. The summed E-state index contributed by atoms with van der Waals surface area (Å²) in [7, 11) is 3.73. The zero-order chi connectivity index (χ0) is 16.1. The van der Waals surface area contributed by atoms with E-state index in [0.29, 0.717) is 18.2 Å². The average molecular weight is 314 g/mol. The second kappa shape index (κ2) is 7.23. The molecule has 0 bridgehead atoms. The molecule has 7 heteroatoms. The second-order valence-corrected chi connectivity index (χ2v) is 5.62. The van der Waals surface area contributed by atoms with Gasteiger partial charge in [-0.1, -0.05) is 6.07 Å². The molecule has 1 saturated heterocycles. The minimum Gasteiger partial charge on any atom is -0.480 e. The molecule has 0 aromatic carbocycles. The first-order valence-electron chi connectivity index (χ1n) is 7.73. The van der Waals surface area contributed by atoms with Crippen molar-refractivity contribution >= 4 is 11.6 Å². The fourth-order valence-electron chi connectivity index (χ4n) is 2.47. The van der Waals surface area contributed by atoms with E-state index in [1.54, 1.807) is 19.5 Å². The summed E-state index contributed by atoms with van der Waals surface area (Å²) in [6.45, 7) is 4.87. The number of nitrogens with one attached hydrogen (secondary N) is 1. The van der Waals surface area contributed by atoms with Crippen LogP contribution in [0.4, 0.5) is 11.6 Å². The number of methoxy groups -OCH3 is 1. The Morgan fingerprint density at radius 2 is 1.96 bits per heavy atom. The van der Waals surface area contributed by atoms with Crippen molar-refractivity contribution in [3.05, 3.63) is 36.3 Å². The Hall–Kier alpha value is -2.41. The highest BCUT2D eigenvalue weighted by molar-refractivity contribution is 5.41. The van der Waals surface area contributed by atoms with Gasteiger partial charge < -0.3 is 19.9 Å². The van der Waals surface area contributed by atoms with Crippen LogP contribution in [-0.2, 0) is 6.54 Å². The predicted molar refractivity (Wildman–Crippen MR) is 89.9 cm³/mol. The van der Waals surface area contributed by atoms with Gasteiger partial charge in [-0.15, -0.1) is 0 Å². The predicted octanol–water partition coefficient (Wildman–Crippen LogP) is 1.24. The maximum atomic E-state index is 5.06. The summed E-state index contributed by atoms with van der Waals surface area (Å²) >= 11 is 0. The van der Waals surface area contributed by atoms with E-state index in [2.05, 4.69) is 49.2 Å². The molecule has 2 aromatic rings. The smallest absolute Gasteiger partial charge is 0.233 e. The Balaban J connectivity index is 1.57. The Morgan fingerprint density at radius 3 is 2.65 bits per heavy atom. The van der Waals surface area contributed by atoms with Crippen LogP contribution in [-0.4, -0.2) is 60.2 Å². The third-order valence-electron chi connectivity index (χ3n) is 3.93. The van der Waals surface area contributed by atoms with Gasteiger partial charge in [0.15, 0.2) is 0 Å². The number of hydrogen-bond donors (Lipinski definition) is 1. The molecule has 1 N–H and O–H groups in total. The van der Waals surface area contributed by atoms with Crippen LogP contribution in [0.25, 0.3) is 0 Å². The van der Waals surface area contributed by atoms with Crippen molar-refractivity contribution in [3.8, 4) is 5.88 Å². The van der Waals surface area contributed by atoms with Crippen molar-refractivity contribution in [1.29, 1.82) is 0 Å². The van der Waals surface area contributed by atoms with Crippen LogP contribution in [0.3, 0.4) is 0 Å². The Labute approximate surface area is 136 Å². The van der Waals surface area contributed by atoms with Gasteiger partial charge in [0.05, 0.1) is 19.5 Å². The van der Waals surface area contributed by atoms with Gasteiger partial charge in [-0.25, -0.2) is 4.98 Å². The third kappa shape index (κ3) is 4.07. The SMILES string of the molecule is COc1cncc(NCc2ccc(N3CCN(C)CC3)nc2)n1. The van der Waals surface area contributed by atoms with E-state index in [0.717, 1.165) is 37.6 Å². The molecule has 0 atom stereocenters. The van der Waals surface area contributed by atoms with Crippen LogP contribution >= 0.6 is 0 Å². The lowest BCUT2D eigenvalue weighted by Crippen LogP contribution is -2.44. The molecule has 0 aliphatic carbocycles. The van der Waals surface area contributed by atoms with Crippen molar-refractivity contribution < 1.29 is 4.74 Å². The van der Waals surface area contributed by atoms with Gasteiger partial charge in [0.2, 0.25) is 5.88 Å². The van der Waals surface area contributed by atoms with Crippen LogP contribution in [0.1, 0.15) is 5.56 Å². The molecular weight excluding hydrogens is 292 g/mol. The molecule has 0 radical (unpaired) electrons. The topological polar surface area (TPSA) is 66.4 Å². The number of likely N-dealkylation sites (N-methyl/N-ethyl adjacent to an activating group) is 1. The van der Waals surface area contributed by atoms with Crippen molar-refractivity contribution in [1.82, 2.24) is 19.9 Å². The lowest BCUT2D eigenvalue weighted by atomic mass is 10.2. The summed E-state index contributed by atoms with van der Waals surface area (Å²) in [5, 5.41) is 3.23. The fourth-order valence-corrected chi connectivity index (χ4v) is 2.47. The third-order valence-corrected chi connectivity index (χ3v) is 3.93. The number of hydrogen-bond acceptors (Lipinski definition) is 7. The van der Waals surface area contributed by atoms with Crippen molar-refractivity contribution in [3.63, 3.8) is 0 Å². The Morgan fingerprint density at radius 1 is 1.13 bits per heavy atom. The van der Waals surface area contributed by atoms with Crippen molar-refractivity contribution in [2.75, 3.05) is 50.6 Å². The molecule has 1 aliphatic heterocycles. The number of anilines is 2. The normalized spacial score (nSPS) is 15.5. The molecule has 0 spiro atoms. The number of aromatic nitrogens is 3. The molecule has 2 aromatic heterocycles. The summed E-state index contributed by atoms with van der Waals surface area (Å²) in [5.74, 6) is 2.23. The van der Waals surface area contributed by atoms with E-state index in [1.165, 1.54) is 0 Å². The van der Waals surface area contributed by atoms with Crippen LogP contribution in [0, 0.1) is 0 Å². The Bertz CT molecular complexity index is 625. The minimum absolute atomic E-state index is 0.499. The standard InChI is InChI=1S/C16H22N6O/c1-21-5-7-22(8-6-21)15-4-3-13(10-19-15)9-18-14-11-17-12-16(20-14)23-2/h3-4,10-12H,5-9H2,1-2H3,(H,18,20). The molecule has 1 fully saturated rings. The lowest BCUT2D eigenvalue weighted by molar-refractivity contribution is 0.312. The van der Waals surface area contributed by atoms with Crippen LogP contribution in [0.15, 0.2) is 30.7 Å². The van der Waals surface area contributed by atoms with Crippen molar-refractivity contribution in [2.45, 2.75) is 6.54 Å². The van der Waals surface area contributed by atoms with E-state index < -0.39 is 0 Å². The average Bonchev–Trinajstić information content (AvgIpc) is 2.61. The first-order valence-corrected chi connectivity index (χ1v) is 7.73. The highest BCUT2D eigenvalue weighted by Gasteiger charge is 2.14. The number of nitrogens with zero attached hydrogens (tertiary/aromatic N) is 5. The molecule has 23 heavy (non-hydrogen) atoms. The molecule has 3 rings (SSSR count). The zero-order valence-electron chi connectivity index (χ0n) is 13.6. The molecule has 122 valence electrons. The highest BCUT2D eigenvalue weighted by Crippen LogP contribution is 2.15. The molecule has 0 saturated carbocycles. The van der Waals surface area contributed by atoms with Crippen LogP contribution in [0.2, 0.25) is 0 Å². The van der Waals surface area contributed by atoms with Crippen molar-refractivity contribution in [2.24, 2.45) is 0 Å². The summed E-state index contributed by atoms with van der Waals surface area (Å²) in [4.78, 5) is 17.6. The van der Waals surface area contributed by atoms with E-state index in [4.69, 9.17) is 4.74 Å². The van der Waals surface area contributed by atoms with Gasteiger partial charge in [-0.05, 0) is 18.7 Å². The molecule has 3 heterocycles. The number of pyridine rings is 1. The number of piperazine rings is 1. The number of ether oxygens (including phenoxy) is 1. The van der Waals surface area contributed by atoms with Crippen LogP contribution in [0.5, 0.6) is 5.88 Å². The van der Waals surface area contributed by atoms with Gasteiger partial charge in [0.25, 0.3) is 0 Å². The minimum atomic E-state index is 0.499. The summed E-state index contributed by atoms with van der Waals surface area (Å²) in [6, 6.07) is 4.18. The monoisotopic (exact) mass is 314 g/mol. The lowest BCUT2D eigenvalue weighted by Gasteiger charge is -2.33. The first-order chi connectivity index (χ1) is 11.2. The van der Waals surface area contributed by atoms with E-state index in [9.17, 15) is 0 Å². The molecule has 7 nitrogen and oxygen atoms in total. The molecular formula is C16H22N6O. The van der Waals surface area contributed by atoms with Gasteiger partial charge in [0.1, 0.15) is 11.6 Å². The zero-order valence-corrected chi connectivity index (χ0v) is 13.6.